The van der Waals surface area contributed by atoms with Crippen molar-refractivity contribution < 1.29 is 0 Å². The van der Waals surface area contributed by atoms with Gasteiger partial charge in [-0.3, -0.25) is 4.90 Å². The van der Waals surface area contributed by atoms with E-state index in [9.17, 15) is 0 Å². The summed E-state index contributed by atoms with van der Waals surface area (Å²) in [6.07, 6.45) is 3.48. The molecule has 1 aliphatic heterocycles. The fourth-order valence-corrected chi connectivity index (χ4v) is 2.97. The van der Waals surface area contributed by atoms with Gasteiger partial charge in [0.25, 0.3) is 0 Å². The van der Waals surface area contributed by atoms with Crippen LogP contribution in [0.1, 0.15) is 37.0 Å². The summed E-state index contributed by atoms with van der Waals surface area (Å²) in [6, 6.07) is 0.396. The third-order valence-corrected chi connectivity index (χ3v) is 4.55. The molecule has 1 fully saturated rings. The van der Waals surface area contributed by atoms with Crippen LogP contribution in [0.4, 0.5) is 5.82 Å². The van der Waals surface area contributed by atoms with E-state index in [4.69, 9.17) is 0 Å². The fourth-order valence-electron chi connectivity index (χ4n) is 2.97. The number of hydrogen-bond acceptors (Lipinski definition) is 6. The molecule has 0 amide bonds. The van der Waals surface area contributed by atoms with Crippen LogP contribution in [-0.4, -0.2) is 55.8 Å². The van der Waals surface area contributed by atoms with Crippen LogP contribution in [0.2, 0.25) is 0 Å². The molecule has 0 aliphatic carbocycles. The Kier molecular flexibility index (Phi) is 4.56. The van der Waals surface area contributed by atoms with Crippen molar-refractivity contribution in [3.05, 3.63) is 29.7 Å². The van der Waals surface area contributed by atoms with Gasteiger partial charge >= 0.3 is 0 Å². The molecule has 124 valence electrons. The summed E-state index contributed by atoms with van der Waals surface area (Å²) in [4.78, 5) is 13.5. The number of aryl methyl sites for hydroxylation is 1. The summed E-state index contributed by atoms with van der Waals surface area (Å²) in [7, 11) is 0. The normalized spacial score (nSPS) is 16.3. The van der Waals surface area contributed by atoms with Crippen LogP contribution in [0.25, 0.3) is 0 Å². The zero-order chi connectivity index (χ0) is 16.4. The minimum absolute atomic E-state index is 0.396. The molecular weight excluding hydrogens is 290 g/mol. The van der Waals surface area contributed by atoms with Crippen molar-refractivity contribution in [2.24, 2.45) is 0 Å². The third kappa shape index (κ3) is 3.34. The number of anilines is 1. The predicted octanol–water partition coefficient (Wildman–Crippen LogP) is 1.59. The van der Waals surface area contributed by atoms with Gasteiger partial charge in [-0.25, -0.2) is 9.97 Å². The van der Waals surface area contributed by atoms with Crippen LogP contribution in [-0.2, 0) is 6.54 Å². The second-order valence-electron chi connectivity index (χ2n) is 6.42. The highest BCUT2D eigenvalue weighted by atomic mass is 15.3. The molecule has 1 saturated heterocycles. The van der Waals surface area contributed by atoms with E-state index in [0.29, 0.717) is 6.04 Å². The zero-order valence-electron chi connectivity index (χ0n) is 14.4. The number of nitrogens with zero attached hydrogens (tertiary/aromatic N) is 7. The molecule has 7 heteroatoms. The highest BCUT2D eigenvalue weighted by Gasteiger charge is 2.21. The molecule has 23 heavy (non-hydrogen) atoms. The quantitative estimate of drug-likeness (QED) is 0.854. The molecule has 0 aromatic carbocycles. The fraction of sp³-hybridized carbons (Fsp3) is 0.625. The molecule has 0 saturated carbocycles. The summed E-state index contributed by atoms with van der Waals surface area (Å²) < 4.78 is 2.14. The molecule has 3 heterocycles. The Bertz CT molecular complexity index is 656. The molecule has 1 aliphatic rings. The summed E-state index contributed by atoms with van der Waals surface area (Å²) in [6.45, 7) is 13.3. The van der Waals surface area contributed by atoms with Crippen molar-refractivity contribution in [2.45, 2.75) is 40.3 Å². The van der Waals surface area contributed by atoms with E-state index in [1.807, 2.05) is 13.3 Å². The van der Waals surface area contributed by atoms with Gasteiger partial charge in [-0.2, -0.15) is 0 Å². The number of piperazine rings is 1. The number of hydrogen-bond donors (Lipinski definition) is 0. The van der Waals surface area contributed by atoms with Gasteiger partial charge in [0.2, 0.25) is 0 Å². The maximum atomic E-state index is 4.47. The lowest BCUT2D eigenvalue weighted by molar-refractivity contribution is 0.238. The SMILES string of the molecule is Cc1ncnc(N2CCN(Cc3nncn3C(C)C)CC2)c1C. The van der Waals surface area contributed by atoms with Crippen molar-refractivity contribution in [3.63, 3.8) is 0 Å². The highest BCUT2D eigenvalue weighted by molar-refractivity contribution is 5.47. The summed E-state index contributed by atoms with van der Waals surface area (Å²) in [5, 5.41) is 8.32. The third-order valence-electron chi connectivity index (χ3n) is 4.55. The van der Waals surface area contributed by atoms with Crippen LogP contribution in [0, 0.1) is 13.8 Å². The Hall–Kier alpha value is -2.02. The van der Waals surface area contributed by atoms with Crippen molar-refractivity contribution in [2.75, 3.05) is 31.1 Å². The summed E-state index contributed by atoms with van der Waals surface area (Å²) in [5.74, 6) is 2.12. The smallest absolute Gasteiger partial charge is 0.147 e. The second-order valence-corrected chi connectivity index (χ2v) is 6.42. The molecule has 2 aromatic rings. The molecule has 0 unspecified atom stereocenters. The average molecular weight is 315 g/mol. The maximum absolute atomic E-state index is 4.47. The molecule has 3 rings (SSSR count). The minimum atomic E-state index is 0.396. The molecule has 0 spiro atoms. The molecule has 0 N–H and O–H groups in total. The van der Waals surface area contributed by atoms with Crippen LogP contribution in [0.15, 0.2) is 12.7 Å². The van der Waals surface area contributed by atoms with Crippen molar-refractivity contribution in [1.82, 2.24) is 29.6 Å². The lowest BCUT2D eigenvalue weighted by Gasteiger charge is -2.35. The first-order valence-corrected chi connectivity index (χ1v) is 8.20. The van der Waals surface area contributed by atoms with Crippen LogP contribution in [0.5, 0.6) is 0 Å². The Morgan fingerprint density at radius 3 is 2.52 bits per heavy atom. The largest absolute Gasteiger partial charge is 0.354 e. The molecule has 7 nitrogen and oxygen atoms in total. The lowest BCUT2D eigenvalue weighted by atomic mass is 10.2. The standard InChI is InChI=1S/C16H25N7/c1-12(2)23-11-19-20-15(23)9-21-5-7-22(8-6-21)16-13(3)14(4)17-10-18-16/h10-12H,5-9H2,1-4H3. The van der Waals surface area contributed by atoms with Crippen molar-refractivity contribution in [3.8, 4) is 0 Å². The maximum Gasteiger partial charge on any atom is 0.147 e. The second kappa shape index (κ2) is 6.62. The van der Waals surface area contributed by atoms with E-state index in [2.05, 4.69) is 55.3 Å². The first-order valence-electron chi connectivity index (χ1n) is 8.20. The Morgan fingerprint density at radius 2 is 1.83 bits per heavy atom. The first kappa shape index (κ1) is 15.9. The van der Waals surface area contributed by atoms with Gasteiger partial charge in [0.1, 0.15) is 24.3 Å². The topological polar surface area (TPSA) is 63.0 Å². The Morgan fingerprint density at radius 1 is 1.09 bits per heavy atom. The molecular formula is C16H25N7. The molecule has 0 atom stereocenters. The van der Waals surface area contributed by atoms with Crippen LogP contribution >= 0.6 is 0 Å². The monoisotopic (exact) mass is 315 g/mol. The Labute approximate surface area is 137 Å². The van der Waals surface area contributed by atoms with Gasteiger partial charge in [-0.05, 0) is 27.7 Å². The van der Waals surface area contributed by atoms with Gasteiger partial charge in [0.15, 0.2) is 0 Å². The van der Waals surface area contributed by atoms with E-state index in [1.54, 1.807) is 6.33 Å². The minimum Gasteiger partial charge on any atom is -0.354 e. The van der Waals surface area contributed by atoms with Gasteiger partial charge in [-0.15, -0.1) is 10.2 Å². The van der Waals surface area contributed by atoms with Crippen molar-refractivity contribution >= 4 is 5.82 Å². The van der Waals surface area contributed by atoms with Gasteiger partial charge in [-0.1, -0.05) is 0 Å². The lowest BCUT2D eigenvalue weighted by Crippen LogP contribution is -2.46. The van der Waals surface area contributed by atoms with Gasteiger partial charge < -0.3 is 9.47 Å². The van der Waals surface area contributed by atoms with Crippen LogP contribution < -0.4 is 4.90 Å². The zero-order valence-corrected chi connectivity index (χ0v) is 14.4. The van der Waals surface area contributed by atoms with E-state index in [0.717, 1.165) is 50.1 Å². The Balaban J connectivity index is 1.62. The van der Waals surface area contributed by atoms with Gasteiger partial charge in [0.05, 0.1) is 6.54 Å². The van der Waals surface area contributed by atoms with Gasteiger partial charge in [0, 0.05) is 43.5 Å². The molecule has 2 aromatic heterocycles. The average Bonchev–Trinajstić information content (AvgIpc) is 2.99. The predicted molar refractivity (Wildman–Crippen MR) is 89.4 cm³/mol. The van der Waals surface area contributed by atoms with E-state index >= 15 is 0 Å². The van der Waals surface area contributed by atoms with E-state index in [-0.39, 0.29) is 0 Å². The summed E-state index contributed by atoms with van der Waals surface area (Å²) in [5.41, 5.74) is 2.24. The summed E-state index contributed by atoms with van der Waals surface area (Å²) >= 11 is 0. The number of rotatable bonds is 4. The molecule has 0 radical (unpaired) electrons. The van der Waals surface area contributed by atoms with Crippen LogP contribution in [0.3, 0.4) is 0 Å². The van der Waals surface area contributed by atoms with Crippen molar-refractivity contribution in [1.29, 1.82) is 0 Å². The highest BCUT2D eigenvalue weighted by Crippen LogP contribution is 2.20. The molecule has 0 bridgehead atoms. The first-order chi connectivity index (χ1) is 11.1. The number of aromatic nitrogens is 5. The van der Waals surface area contributed by atoms with E-state index < -0.39 is 0 Å². The van der Waals surface area contributed by atoms with E-state index in [1.165, 1.54) is 5.56 Å².